The molecular weight excluding hydrogens is 200 g/mol. The van der Waals surface area contributed by atoms with Gasteiger partial charge in [-0.25, -0.2) is 4.98 Å². The van der Waals surface area contributed by atoms with Crippen molar-refractivity contribution in [3.63, 3.8) is 0 Å². The molecule has 0 fully saturated rings. The van der Waals surface area contributed by atoms with E-state index in [1.807, 2.05) is 13.8 Å². The Bertz CT molecular complexity index is 328. The lowest BCUT2D eigenvalue weighted by Crippen LogP contribution is -2.32. The molecule has 0 saturated carbocycles. The fourth-order valence-electron chi connectivity index (χ4n) is 0.959. The maximum absolute atomic E-state index is 11.6. The van der Waals surface area contributed by atoms with Crippen LogP contribution in [0.3, 0.4) is 0 Å². The lowest BCUT2D eigenvalue weighted by Gasteiger charge is -2.11. The maximum atomic E-state index is 11.6. The van der Waals surface area contributed by atoms with Gasteiger partial charge in [-0.05, 0) is 25.5 Å². The average Bonchev–Trinajstić information content (AvgIpc) is 2.18. The molecule has 0 spiro atoms. The molecule has 1 aromatic rings. The second-order valence-electron chi connectivity index (χ2n) is 3.12. The van der Waals surface area contributed by atoms with E-state index in [0.717, 1.165) is 6.42 Å². The van der Waals surface area contributed by atoms with Crippen LogP contribution < -0.4 is 5.32 Å². The summed E-state index contributed by atoms with van der Waals surface area (Å²) in [5.74, 6) is -0.169. The van der Waals surface area contributed by atoms with E-state index in [0.29, 0.717) is 5.56 Å². The smallest absolute Gasteiger partial charge is 0.254 e. The topological polar surface area (TPSA) is 42.0 Å². The third-order valence-electron chi connectivity index (χ3n) is 1.99. The minimum atomic E-state index is -0.169. The summed E-state index contributed by atoms with van der Waals surface area (Å²) in [5.41, 5.74) is 0.425. The number of pyridine rings is 1. The molecule has 4 heteroatoms. The van der Waals surface area contributed by atoms with Crippen LogP contribution in [0.4, 0.5) is 0 Å². The molecule has 14 heavy (non-hydrogen) atoms. The Labute approximate surface area is 88.5 Å². The number of amides is 1. The molecule has 0 aliphatic carbocycles. The number of hydrogen-bond donors (Lipinski definition) is 1. The number of rotatable bonds is 3. The zero-order valence-corrected chi connectivity index (χ0v) is 9.01. The van der Waals surface area contributed by atoms with Gasteiger partial charge in [-0.3, -0.25) is 4.79 Å². The highest BCUT2D eigenvalue weighted by atomic mass is 35.5. The number of nitrogens with one attached hydrogen (secondary N) is 1. The van der Waals surface area contributed by atoms with Gasteiger partial charge in [-0.2, -0.15) is 0 Å². The van der Waals surface area contributed by atoms with Crippen LogP contribution in [0, 0.1) is 0 Å². The van der Waals surface area contributed by atoms with Gasteiger partial charge in [0.05, 0.1) is 5.56 Å². The van der Waals surface area contributed by atoms with Crippen molar-refractivity contribution in [2.24, 2.45) is 0 Å². The van der Waals surface area contributed by atoms with E-state index in [-0.39, 0.29) is 17.1 Å². The summed E-state index contributed by atoms with van der Waals surface area (Å²) in [6.07, 6.45) is 2.45. The van der Waals surface area contributed by atoms with Gasteiger partial charge in [0.25, 0.3) is 5.91 Å². The van der Waals surface area contributed by atoms with Gasteiger partial charge < -0.3 is 5.32 Å². The first-order valence-corrected chi connectivity index (χ1v) is 4.94. The summed E-state index contributed by atoms with van der Waals surface area (Å²) in [6.45, 7) is 3.96. The van der Waals surface area contributed by atoms with Gasteiger partial charge in [-0.15, -0.1) is 0 Å². The molecule has 1 aromatic heterocycles. The fourth-order valence-corrected chi connectivity index (χ4v) is 1.16. The number of halogens is 1. The van der Waals surface area contributed by atoms with Crippen molar-refractivity contribution in [3.8, 4) is 0 Å². The summed E-state index contributed by atoms with van der Waals surface area (Å²) < 4.78 is 0. The second kappa shape index (κ2) is 4.96. The summed E-state index contributed by atoms with van der Waals surface area (Å²) in [6, 6.07) is 3.50. The Balaban J connectivity index is 2.75. The van der Waals surface area contributed by atoms with E-state index in [1.165, 1.54) is 0 Å². The average molecular weight is 213 g/mol. The molecule has 1 heterocycles. The Morgan fingerprint density at radius 3 is 3.00 bits per heavy atom. The van der Waals surface area contributed by atoms with E-state index in [2.05, 4.69) is 10.3 Å². The van der Waals surface area contributed by atoms with Gasteiger partial charge in [0, 0.05) is 12.2 Å². The first-order valence-electron chi connectivity index (χ1n) is 4.56. The SMILES string of the molecule is CC[C@H](C)NC(=O)c1cccnc1Cl. The molecule has 0 aliphatic rings. The summed E-state index contributed by atoms with van der Waals surface area (Å²) in [5, 5.41) is 3.07. The minimum Gasteiger partial charge on any atom is -0.350 e. The molecule has 0 aromatic carbocycles. The van der Waals surface area contributed by atoms with Gasteiger partial charge in [0.15, 0.2) is 0 Å². The van der Waals surface area contributed by atoms with Crippen molar-refractivity contribution in [2.45, 2.75) is 26.3 Å². The van der Waals surface area contributed by atoms with E-state index in [4.69, 9.17) is 11.6 Å². The highest BCUT2D eigenvalue weighted by Gasteiger charge is 2.11. The largest absolute Gasteiger partial charge is 0.350 e. The number of nitrogens with zero attached hydrogens (tertiary/aromatic N) is 1. The number of aromatic nitrogens is 1. The van der Waals surface area contributed by atoms with Crippen LogP contribution in [-0.4, -0.2) is 16.9 Å². The fraction of sp³-hybridized carbons (Fsp3) is 0.400. The first-order chi connectivity index (χ1) is 6.65. The monoisotopic (exact) mass is 212 g/mol. The van der Waals surface area contributed by atoms with Crippen LogP contribution in [0.5, 0.6) is 0 Å². The highest BCUT2D eigenvalue weighted by molar-refractivity contribution is 6.32. The Morgan fingerprint density at radius 2 is 2.43 bits per heavy atom. The predicted molar refractivity (Wildman–Crippen MR) is 56.5 cm³/mol. The molecule has 1 rings (SSSR count). The van der Waals surface area contributed by atoms with Crippen molar-refractivity contribution < 1.29 is 4.79 Å². The number of hydrogen-bond acceptors (Lipinski definition) is 2. The minimum absolute atomic E-state index is 0.152. The normalized spacial score (nSPS) is 12.2. The Morgan fingerprint density at radius 1 is 1.71 bits per heavy atom. The molecule has 0 bridgehead atoms. The molecule has 1 atom stereocenters. The Kier molecular flexibility index (Phi) is 3.89. The summed E-state index contributed by atoms with van der Waals surface area (Å²) in [4.78, 5) is 15.4. The predicted octanol–water partition coefficient (Wildman–Crippen LogP) is 2.26. The van der Waals surface area contributed by atoms with E-state index in [1.54, 1.807) is 18.3 Å². The van der Waals surface area contributed by atoms with Crippen molar-refractivity contribution in [3.05, 3.63) is 29.0 Å². The molecule has 0 radical (unpaired) electrons. The van der Waals surface area contributed by atoms with E-state index < -0.39 is 0 Å². The van der Waals surface area contributed by atoms with Crippen molar-refractivity contribution in [1.29, 1.82) is 0 Å². The van der Waals surface area contributed by atoms with Crippen molar-refractivity contribution in [1.82, 2.24) is 10.3 Å². The molecule has 76 valence electrons. The zero-order valence-electron chi connectivity index (χ0n) is 8.25. The van der Waals surface area contributed by atoms with Gasteiger partial charge in [-0.1, -0.05) is 18.5 Å². The van der Waals surface area contributed by atoms with Crippen molar-refractivity contribution >= 4 is 17.5 Å². The quantitative estimate of drug-likeness (QED) is 0.781. The standard InChI is InChI=1S/C10H13ClN2O/c1-3-7(2)13-10(14)8-5-4-6-12-9(8)11/h4-7H,3H2,1-2H3,(H,13,14)/t7-/m0/s1. The highest BCUT2D eigenvalue weighted by Crippen LogP contribution is 2.11. The molecule has 3 nitrogen and oxygen atoms in total. The van der Waals surface area contributed by atoms with Gasteiger partial charge in [0.2, 0.25) is 0 Å². The molecule has 1 amide bonds. The molecule has 1 N–H and O–H groups in total. The van der Waals surface area contributed by atoms with Crippen LogP contribution >= 0.6 is 11.6 Å². The van der Waals surface area contributed by atoms with Crippen molar-refractivity contribution in [2.75, 3.05) is 0 Å². The van der Waals surface area contributed by atoms with Crippen LogP contribution in [0.25, 0.3) is 0 Å². The van der Waals surface area contributed by atoms with Crippen LogP contribution in [0.15, 0.2) is 18.3 Å². The first kappa shape index (κ1) is 11.0. The molecule has 0 saturated heterocycles. The third kappa shape index (κ3) is 2.70. The Hall–Kier alpha value is -1.09. The van der Waals surface area contributed by atoms with E-state index >= 15 is 0 Å². The number of carbonyl (C=O) groups excluding carboxylic acids is 1. The third-order valence-corrected chi connectivity index (χ3v) is 2.29. The molecule has 0 aliphatic heterocycles. The summed E-state index contributed by atoms with van der Waals surface area (Å²) in [7, 11) is 0. The number of carbonyl (C=O) groups is 1. The van der Waals surface area contributed by atoms with Crippen LogP contribution in [-0.2, 0) is 0 Å². The zero-order chi connectivity index (χ0) is 10.6. The van der Waals surface area contributed by atoms with Crippen LogP contribution in [0.2, 0.25) is 5.15 Å². The summed E-state index contributed by atoms with van der Waals surface area (Å²) >= 11 is 5.77. The molecule has 0 unspecified atom stereocenters. The van der Waals surface area contributed by atoms with E-state index in [9.17, 15) is 4.79 Å². The maximum Gasteiger partial charge on any atom is 0.254 e. The van der Waals surface area contributed by atoms with Gasteiger partial charge in [0.1, 0.15) is 5.15 Å². The lowest BCUT2D eigenvalue weighted by molar-refractivity contribution is 0.0939. The molecular formula is C10H13ClN2O. The van der Waals surface area contributed by atoms with Crippen LogP contribution in [0.1, 0.15) is 30.6 Å². The van der Waals surface area contributed by atoms with Gasteiger partial charge >= 0.3 is 0 Å². The lowest BCUT2D eigenvalue weighted by atomic mass is 10.2. The second-order valence-corrected chi connectivity index (χ2v) is 3.48.